The first-order chi connectivity index (χ1) is 8.20. The third kappa shape index (κ3) is 2.75. The lowest BCUT2D eigenvalue weighted by Gasteiger charge is -2.25. The maximum atomic E-state index is 13.8. The minimum atomic E-state index is -0.320. The Morgan fingerprint density at radius 2 is 1.82 bits per heavy atom. The highest BCUT2D eigenvalue weighted by atomic mass is 32.1. The highest BCUT2D eigenvalue weighted by molar-refractivity contribution is 7.80. The third-order valence-corrected chi connectivity index (χ3v) is 3.39. The molecule has 0 unspecified atom stereocenters. The van der Waals surface area contributed by atoms with Crippen LogP contribution >= 0.6 is 12.2 Å². The number of hydrogen-bond donors (Lipinski definition) is 1. The standard InChI is InChI=1S/C13H17FN2S/c14-10-6-5-7-11(12(10)13(15)17)16-8-3-1-2-4-9-16/h5-7H,1-4,8-9H2,(H2,15,17). The predicted molar refractivity (Wildman–Crippen MR) is 73.0 cm³/mol. The summed E-state index contributed by atoms with van der Waals surface area (Å²) in [5, 5.41) is 0. The zero-order valence-electron chi connectivity index (χ0n) is 9.79. The summed E-state index contributed by atoms with van der Waals surface area (Å²) in [4.78, 5) is 2.34. The van der Waals surface area contributed by atoms with Crippen molar-refractivity contribution in [2.45, 2.75) is 25.7 Å². The molecule has 1 fully saturated rings. The first kappa shape index (κ1) is 12.3. The van der Waals surface area contributed by atoms with Gasteiger partial charge >= 0.3 is 0 Å². The van der Waals surface area contributed by atoms with Crippen LogP contribution in [0, 0.1) is 5.82 Å². The Morgan fingerprint density at radius 3 is 2.41 bits per heavy atom. The van der Waals surface area contributed by atoms with Gasteiger partial charge in [-0.05, 0) is 25.0 Å². The van der Waals surface area contributed by atoms with Gasteiger partial charge in [-0.25, -0.2) is 4.39 Å². The molecular weight excluding hydrogens is 235 g/mol. The van der Waals surface area contributed by atoms with E-state index in [4.69, 9.17) is 18.0 Å². The fourth-order valence-corrected chi connectivity index (χ4v) is 2.53. The van der Waals surface area contributed by atoms with Gasteiger partial charge in [0.2, 0.25) is 0 Å². The van der Waals surface area contributed by atoms with Crippen LogP contribution in [0.2, 0.25) is 0 Å². The molecular formula is C13H17FN2S. The van der Waals surface area contributed by atoms with Gasteiger partial charge in [-0.3, -0.25) is 0 Å². The Labute approximate surface area is 107 Å². The predicted octanol–water partition coefficient (Wildman–Crippen LogP) is 2.84. The molecule has 1 saturated heterocycles. The Balaban J connectivity index is 2.36. The largest absolute Gasteiger partial charge is 0.389 e. The van der Waals surface area contributed by atoms with Crippen molar-refractivity contribution in [1.29, 1.82) is 0 Å². The van der Waals surface area contributed by atoms with Crippen molar-refractivity contribution in [1.82, 2.24) is 0 Å². The van der Waals surface area contributed by atoms with E-state index in [0.717, 1.165) is 31.6 Å². The summed E-state index contributed by atoms with van der Waals surface area (Å²) in [5.41, 5.74) is 6.87. The second kappa shape index (κ2) is 5.45. The Bertz CT molecular complexity index is 412. The number of anilines is 1. The van der Waals surface area contributed by atoms with Crippen LogP contribution in [0.4, 0.5) is 10.1 Å². The average molecular weight is 252 g/mol. The van der Waals surface area contributed by atoms with Gasteiger partial charge in [-0.1, -0.05) is 31.1 Å². The maximum Gasteiger partial charge on any atom is 0.135 e. The van der Waals surface area contributed by atoms with Gasteiger partial charge in [0.1, 0.15) is 10.8 Å². The van der Waals surface area contributed by atoms with E-state index in [1.807, 2.05) is 6.07 Å². The lowest BCUT2D eigenvalue weighted by atomic mass is 10.1. The highest BCUT2D eigenvalue weighted by Gasteiger charge is 2.17. The van der Waals surface area contributed by atoms with Crippen molar-refractivity contribution in [2.75, 3.05) is 18.0 Å². The van der Waals surface area contributed by atoms with Crippen LogP contribution in [0.3, 0.4) is 0 Å². The van der Waals surface area contributed by atoms with Gasteiger partial charge in [0, 0.05) is 18.8 Å². The molecule has 4 heteroatoms. The van der Waals surface area contributed by atoms with Crippen molar-refractivity contribution in [3.8, 4) is 0 Å². The molecule has 1 heterocycles. The van der Waals surface area contributed by atoms with E-state index in [9.17, 15) is 4.39 Å². The molecule has 0 saturated carbocycles. The third-order valence-electron chi connectivity index (χ3n) is 3.18. The van der Waals surface area contributed by atoms with E-state index < -0.39 is 0 Å². The monoisotopic (exact) mass is 252 g/mol. The normalized spacial score (nSPS) is 16.6. The molecule has 92 valence electrons. The number of rotatable bonds is 2. The van der Waals surface area contributed by atoms with Gasteiger partial charge in [-0.15, -0.1) is 0 Å². The SMILES string of the molecule is NC(=S)c1c(F)cccc1N1CCCCCC1. The van der Waals surface area contributed by atoms with E-state index in [1.165, 1.54) is 18.9 Å². The second-order valence-corrected chi connectivity index (χ2v) is 4.84. The summed E-state index contributed by atoms with van der Waals surface area (Å²) in [6.45, 7) is 1.91. The molecule has 0 spiro atoms. The molecule has 1 aliphatic heterocycles. The molecule has 1 aliphatic rings. The average Bonchev–Trinajstić information content (AvgIpc) is 2.56. The fraction of sp³-hybridized carbons (Fsp3) is 0.462. The molecule has 2 nitrogen and oxygen atoms in total. The van der Waals surface area contributed by atoms with Gasteiger partial charge < -0.3 is 10.6 Å². The van der Waals surface area contributed by atoms with Gasteiger partial charge in [-0.2, -0.15) is 0 Å². The zero-order chi connectivity index (χ0) is 12.3. The lowest BCUT2D eigenvalue weighted by Crippen LogP contribution is -2.27. The van der Waals surface area contributed by atoms with Crippen molar-refractivity contribution in [3.63, 3.8) is 0 Å². The van der Waals surface area contributed by atoms with Crippen molar-refractivity contribution in [2.24, 2.45) is 5.73 Å². The molecule has 0 amide bonds. The maximum absolute atomic E-state index is 13.8. The summed E-state index contributed by atoms with van der Waals surface area (Å²) in [6.07, 6.45) is 4.78. The van der Waals surface area contributed by atoms with Crippen molar-refractivity contribution in [3.05, 3.63) is 29.6 Å². The van der Waals surface area contributed by atoms with E-state index >= 15 is 0 Å². The summed E-state index contributed by atoms with van der Waals surface area (Å²) >= 11 is 4.95. The van der Waals surface area contributed by atoms with Crippen molar-refractivity contribution < 1.29 is 4.39 Å². The number of nitrogens with two attached hydrogens (primary N) is 1. The van der Waals surface area contributed by atoms with Gasteiger partial charge in [0.25, 0.3) is 0 Å². The Hall–Kier alpha value is -1.16. The van der Waals surface area contributed by atoms with Crippen LogP contribution in [-0.4, -0.2) is 18.1 Å². The number of halogens is 1. The van der Waals surface area contributed by atoms with E-state index in [2.05, 4.69) is 4.90 Å². The van der Waals surface area contributed by atoms with Crippen LogP contribution in [0.25, 0.3) is 0 Å². The van der Waals surface area contributed by atoms with E-state index in [-0.39, 0.29) is 10.8 Å². The number of hydrogen-bond acceptors (Lipinski definition) is 2. The molecule has 1 aromatic rings. The molecule has 2 N–H and O–H groups in total. The lowest BCUT2D eigenvalue weighted by molar-refractivity contribution is 0.624. The molecule has 0 aliphatic carbocycles. The molecule has 0 bridgehead atoms. The summed E-state index contributed by atoms with van der Waals surface area (Å²) in [7, 11) is 0. The first-order valence-corrected chi connectivity index (χ1v) is 6.44. The van der Waals surface area contributed by atoms with Crippen LogP contribution in [0.15, 0.2) is 18.2 Å². The number of nitrogens with zero attached hydrogens (tertiary/aromatic N) is 1. The van der Waals surface area contributed by atoms with Crippen molar-refractivity contribution >= 4 is 22.9 Å². The van der Waals surface area contributed by atoms with E-state index in [0.29, 0.717) is 5.56 Å². The minimum Gasteiger partial charge on any atom is -0.389 e. The summed E-state index contributed by atoms with van der Waals surface area (Å²) in [5.74, 6) is -0.320. The van der Waals surface area contributed by atoms with Gasteiger partial charge in [0.05, 0.1) is 5.56 Å². The molecule has 0 aromatic heterocycles. The van der Waals surface area contributed by atoms with Gasteiger partial charge in [0.15, 0.2) is 0 Å². The molecule has 0 radical (unpaired) electrons. The smallest absolute Gasteiger partial charge is 0.135 e. The molecule has 1 aromatic carbocycles. The first-order valence-electron chi connectivity index (χ1n) is 6.03. The number of benzene rings is 1. The van der Waals surface area contributed by atoms with Crippen LogP contribution in [0.5, 0.6) is 0 Å². The molecule has 17 heavy (non-hydrogen) atoms. The second-order valence-electron chi connectivity index (χ2n) is 4.40. The van der Waals surface area contributed by atoms with E-state index in [1.54, 1.807) is 6.07 Å². The molecule has 0 atom stereocenters. The highest BCUT2D eigenvalue weighted by Crippen LogP contribution is 2.25. The Kier molecular flexibility index (Phi) is 3.94. The fourth-order valence-electron chi connectivity index (χ4n) is 2.33. The quantitative estimate of drug-likeness (QED) is 0.821. The minimum absolute atomic E-state index is 0.141. The summed E-state index contributed by atoms with van der Waals surface area (Å²) < 4.78 is 13.8. The Morgan fingerprint density at radius 1 is 1.18 bits per heavy atom. The molecule has 2 rings (SSSR count). The summed E-state index contributed by atoms with van der Waals surface area (Å²) in [6, 6.07) is 5.04. The van der Waals surface area contributed by atoms with Crippen LogP contribution in [-0.2, 0) is 0 Å². The topological polar surface area (TPSA) is 29.3 Å². The van der Waals surface area contributed by atoms with Crippen LogP contribution in [0.1, 0.15) is 31.2 Å². The number of thiocarbonyl (C=S) groups is 1. The van der Waals surface area contributed by atoms with Crippen LogP contribution < -0.4 is 10.6 Å². The zero-order valence-corrected chi connectivity index (χ0v) is 10.6.